The van der Waals surface area contributed by atoms with E-state index in [4.69, 9.17) is 5.11 Å². The first-order valence-electron chi connectivity index (χ1n) is 5.56. The van der Waals surface area contributed by atoms with Crippen molar-refractivity contribution in [3.05, 3.63) is 0 Å². The first kappa shape index (κ1) is 20.2. The lowest BCUT2D eigenvalue weighted by molar-refractivity contribution is -0.140. The fraction of sp³-hybridized carbons (Fsp3) is 0.818. The van der Waals surface area contributed by atoms with E-state index in [9.17, 15) is 9.59 Å². The first-order valence-corrected chi connectivity index (χ1v) is 5.56. The monoisotopic (exact) mass is 235 g/mol. The van der Waals surface area contributed by atoms with Crippen molar-refractivity contribution in [3.8, 4) is 0 Å². The Morgan fingerprint density at radius 3 is 1.69 bits per heavy atom. The molecule has 0 aliphatic heterocycles. The number of carboxylic acids is 1. The first-order chi connectivity index (χ1) is 7.49. The van der Waals surface area contributed by atoms with Gasteiger partial charge in [0.1, 0.15) is 6.04 Å². The lowest BCUT2D eigenvalue weighted by Crippen LogP contribution is -2.44. The van der Waals surface area contributed by atoms with Gasteiger partial charge in [0, 0.05) is 0 Å². The van der Waals surface area contributed by atoms with Gasteiger partial charge in [-0.15, -0.1) is 0 Å². The molecule has 0 aromatic rings. The highest BCUT2D eigenvalue weighted by Gasteiger charge is 2.23. The second kappa shape index (κ2) is 13.7. The van der Waals surface area contributed by atoms with Crippen LogP contribution < -0.4 is 5.32 Å². The molecule has 0 heterocycles. The molecule has 0 saturated carbocycles. The average Bonchev–Trinajstić information content (AvgIpc) is 2.30. The number of aliphatic carboxylic acids is 1. The van der Waals surface area contributed by atoms with Gasteiger partial charge >= 0.3 is 12.1 Å². The summed E-state index contributed by atoms with van der Waals surface area (Å²) in [5, 5.41) is 10.8. The summed E-state index contributed by atoms with van der Waals surface area (Å²) in [6, 6.07) is -0.891. The van der Waals surface area contributed by atoms with Crippen LogP contribution in [-0.2, 0) is 9.53 Å². The molecule has 0 aromatic carbocycles. The third-order valence-electron chi connectivity index (χ3n) is 1.39. The number of hydrogen-bond acceptors (Lipinski definition) is 3. The summed E-state index contributed by atoms with van der Waals surface area (Å²) in [6.07, 6.45) is -0.726. The van der Waals surface area contributed by atoms with Crippen LogP contribution in [0.3, 0.4) is 0 Å². The summed E-state index contributed by atoms with van der Waals surface area (Å²) in [4.78, 5) is 21.2. The van der Waals surface area contributed by atoms with Gasteiger partial charge in [0.25, 0.3) is 0 Å². The Kier molecular flexibility index (Phi) is 17.3. The van der Waals surface area contributed by atoms with Crippen molar-refractivity contribution in [3.63, 3.8) is 0 Å². The lowest BCUT2D eigenvalue weighted by atomic mass is 10.1. The molecule has 98 valence electrons. The van der Waals surface area contributed by atoms with Crippen molar-refractivity contribution in [2.45, 2.75) is 47.6 Å². The minimum absolute atomic E-state index is 0.165. The number of carbonyl (C=O) groups excluding carboxylic acids is 1. The number of rotatable bonds is 3. The van der Waals surface area contributed by atoms with E-state index < -0.39 is 18.1 Å². The summed E-state index contributed by atoms with van der Waals surface area (Å²) in [5.41, 5.74) is 0. The van der Waals surface area contributed by atoms with Gasteiger partial charge in [-0.3, -0.25) is 0 Å². The van der Waals surface area contributed by atoms with Gasteiger partial charge in [-0.2, -0.15) is 0 Å². The van der Waals surface area contributed by atoms with Gasteiger partial charge in [0.05, 0.1) is 7.11 Å². The smallest absolute Gasteiger partial charge is 0.407 e. The van der Waals surface area contributed by atoms with Crippen LogP contribution in [-0.4, -0.2) is 30.3 Å². The fourth-order valence-electron chi connectivity index (χ4n) is 0.699. The van der Waals surface area contributed by atoms with Crippen molar-refractivity contribution in [1.82, 2.24) is 5.32 Å². The lowest BCUT2D eigenvalue weighted by Gasteiger charge is -2.16. The standard InChI is InChI=1S/C7H13NO4.2C2H6/c1-4(2)5(6(9)10)8-7(11)12-3;2*1-2/h4-5H,1-3H3,(H,8,11)(H,9,10);2*1-2H3. The molecule has 16 heavy (non-hydrogen) atoms. The Morgan fingerprint density at radius 1 is 1.12 bits per heavy atom. The van der Waals surface area contributed by atoms with Crippen LogP contribution >= 0.6 is 0 Å². The van der Waals surface area contributed by atoms with E-state index in [1.54, 1.807) is 13.8 Å². The number of carboxylic acid groups (broad SMARTS) is 1. The van der Waals surface area contributed by atoms with Crippen molar-refractivity contribution < 1.29 is 19.4 Å². The highest BCUT2D eigenvalue weighted by Crippen LogP contribution is 2.01. The number of hydrogen-bond donors (Lipinski definition) is 2. The quantitative estimate of drug-likeness (QED) is 0.788. The molecule has 0 saturated heterocycles. The second-order valence-corrected chi connectivity index (χ2v) is 2.70. The third kappa shape index (κ3) is 10.8. The van der Waals surface area contributed by atoms with Crippen molar-refractivity contribution in [1.29, 1.82) is 0 Å². The Labute approximate surface area is 98.2 Å². The SMILES string of the molecule is CC.CC.COC(=O)NC(C(=O)O)C(C)C. The van der Waals surface area contributed by atoms with Gasteiger partial charge < -0.3 is 15.2 Å². The van der Waals surface area contributed by atoms with E-state index in [0.29, 0.717) is 0 Å². The van der Waals surface area contributed by atoms with Crippen molar-refractivity contribution >= 4 is 12.1 Å². The third-order valence-corrected chi connectivity index (χ3v) is 1.39. The largest absolute Gasteiger partial charge is 0.480 e. The maximum Gasteiger partial charge on any atom is 0.407 e. The molecular weight excluding hydrogens is 210 g/mol. The molecule has 2 N–H and O–H groups in total. The molecule has 5 nitrogen and oxygen atoms in total. The molecule has 0 rings (SSSR count). The number of carbonyl (C=O) groups is 2. The highest BCUT2D eigenvalue weighted by molar-refractivity contribution is 5.80. The topological polar surface area (TPSA) is 75.6 Å². The summed E-state index contributed by atoms with van der Waals surface area (Å²) < 4.78 is 4.27. The zero-order chi connectivity index (χ0) is 13.7. The highest BCUT2D eigenvalue weighted by atomic mass is 16.5. The van der Waals surface area contributed by atoms with Crippen LogP contribution in [0.15, 0.2) is 0 Å². The van der Waals surface area contributed by atoms with E-state index in [-0.39, 0.29) is 5.92 Å². The van der Waals surface area contributed by atoms with E-state index in [2.05, 4.69) is 10.1 Å². The molecular formula is C11H25NO4. The van der Waals surface area contributed by atoms with E-state index in [1.165, 1.54) is 7.11 Å². The number of alkyl carbamates (subject to hydrolysis) is 1. The average molecular weight is 235 g/mol. The maximum atomic E-state index is 10.6. The van der Waals surface area contributed by atoms with E-state index in [0.717, 1.165) is 0 Å². The molecule has 0 aliphatic carbocycles. The zero-order valence-corrected chi connectivity index (χ0v) is 11.3. The number of ether oxygens (including phenoxy) is 1. The van der Waals surface area contributed by atoms with Crippen molar-refractivity contribution in [2.24, 2.45) is 5.92 Å². The normalized spacial score (nSPS) is 10.0. The minimum atomic E-state index is -1.06. The van der Waals surface area contributed by atoms with E-state index in [1.807, 2.05) is 27.7 Å². The predicted octanol–water partition coefficient (Wildman–Crippen LogP) is 2.50. The Balaban J connectivity index is -0.000000376. The van der Waals surface area contributed by atoms with Gasteiger partial charge in [-0.05, 0) is 5.92 Å². The van der Waals surface area contributed by atoms with Crippen LogP contribution in [0.1, 0.15) is 41.5 Å². The molecule has 0 fully saturated rings. The minimum Gasteiger partial charge on any atom is -0.480 e. The molecule has 0 aliphatic rings. The molecule has 5 heteroatoms. The molecule has 1 amide bonds. The van der Waals surface area contributed by atoms with Gasteiger partial charge in [0.2, 0.25) is 0 Å². The van der Waals surface area contributed by atoms with Gasteiger partial charge in [-0.1, -0.05) is 41.5 Å². The summed E-state index contributed by atoms with van der Waals surface area (Å²) in [5.74, 6) is -1.22. The van der Waals surface area contributed by atoms with Crippen LogP contribution in [0, 0.1) is 5.92 Å². The molecule has 1 unspecified atom stereocenters. The Morgan fingerprint density at radius 2 is 1.50 bits per heavy atom. The second-order valence-electron chi connectivity index (χ2n) is 2.70. The summed E-state index contributed by atoms with van der Waals surface area (Å²) >= 11 is 0. The Hall–Kier alpha value is -1.26. The summed E-state index contributed by atoms with van der Waals surface area (Å²) in [6.45, 7) is 11.4. The maximum absolute atomic E-state index is 10.6. The molecule has 0 bridgehead atoms. The zero-order valence-electron chi connectivity index (χ0n) is 11.3. The molecule has 1 atom stereocenters. The van der Waals surface area contributed by atoms with Crippen LogP contribution in [0.4, 0.5) is 4.79 Å². The number of amides is 1. The Bertz CT molecular complexity index is 181. The summed E-state index contributed by atoms with van der Waals surface area (Å²) in [7, 11) is 1.19. The molecule has 0 aromatic heterocycles. The predicted molar refractivity (Wildman–Crippen MR) is 64.5 cm³/mol. The fourth-order valence-corrected chi connectivity index (χ4v) is 0.699. The van der Waals surface area contributed by atoms with Crippen LogP contribution in [0.2, 0.25) is 0 Å². The van der Waals surface area contributed by atoms with Gasteiger partial charge in [0.15, 0.2) is 0 Å². The van der Waals surface area contributed by atoms with E-state index >= 15 is 0 Å². The molecule has 0 spiro atoms. The van der Waals surface area contributed by atoms with Crippen LogP contribution in [0.5, 0.6) is 0 Å². The molecule has 0 radical (unpaired) electrons. The van der Waals surface area contributed by atoms with Crippen LogP contribution in [0.25, 0.3) is 0 Å². The van der Waals surface area contributed by atoms with Gasteiger partial charge in [-0.25, -0.2) is 9.59 Å². The number of methoxy groups -OCH3 is 1. The van der Waals surface area contributed by atoms with Crippen molar-refractivity contribution in [2.75, 3.05) is 7.11 Å². The number of nitrogens with one attached hydrogen (secondary N) is 1.